The van der Waals surface area contributed by atoms with E-state index in [4.69, 9.17) is 20.5 Å². The summed E-state index contributed by atoms with van der Waals surface area (Å²) in [5, 5.41) is 27.8. The van der Waals surface area contributed by atoms with Gasteiger partial charge < -0.3 is 25.4 Å². The van der Waals surface area contributed by atoms with Crippen molar-refractivity contribution in [2.75, 3.05) is 18.9 Å². The number of rotatable bonds is 5. The molecule has 2 unspecified atom stereocenters. The predicted octanol–water partition coefficient (Wildman–Crippen LogP) is -1.63. The van der Waals surface area contributed by atoms with Crippen LogP contribution in [0.4, 0.5) is 5.82 Å². The zero-order valence-corrected chi connectivity index (χ0v) is 11.1. The van der Waals surface area contributed by atoms with Crippen LogP contribution in [0.25, 0.3) is 0 Å². The van der Waals surface area contributed by atoms with Gasteiger partial charge in [-0.05, 0) is 6.07 Å². The smallest absolute Gasteiger partial charge is 0.351 e. The first-order chi connectivity index (χ1) is 10.1. The first-order valence-electron chi connectivity index (χ1n) is 6.36. The average Bonchev–Trinajstić information content (AvgIpc) is 2.76. The molecule has 0 bridgehead atoms. The molecular weight excluding hydrogens is 280 g/mol. The third-order valence-corrected chi connectivity index (χ3v) is 3.14. The number of ether oxygens (including phenoxy) is 2. The number of hydrogen-bond acceptors (Lipinski definition) is 8. The lowest BCUT2D eigenvalue weighted by atomic mass is 10.1. The van der Waals surface area contributed by atoms with Gasteiger partial charge in [0.2, 0.25) is 0 Å². The van der Waals surface area contributed by atoms with Crippen molar-refractivity contribution in [3.05, 3.63) is 22.7 Å². The first kappa shape index (κ1) is 15.4. The Morgan fingerprint density at radius 2 is 2.38 bits per heavy atom. The maximum Gasteiger partial charge on any atom is 0.351 e. The second-order valence-corrected chi connectivity index (χ2v) is 4.52. The lowest BCUT2D eigenvalue weighted by Crippen LogP contribution is -2.38. The molecule has 1 aromatic rings. The zero-order chi connectivity index (χ0) is 15.4. The minimum atomic E-state index is -1.12. The number of nitrogens with zero attached hydrogens (tertiary/aromatic N) is 3. The van der Waals surface area contributed by atoms with Gasteiger partial charge >= 0.3 is 5.69 Å². The highest BCUT2D eigenvalue weighted by Crippen LogP contribution is 2.30. The van der Waals surface area contributed by atoms with Crippen LogP contribution in [0.3, 0.4) is 0 Å². The van der Waals surface area contributed by atoms with E-state index in [2.05, 4.69) is 4.98 Å². The van der Waals surface area contributed by atoms with Gasteiger partial charge in [-0.15, -0.1) is 0 Å². The molecule has 114 valence electrons. The molecule has 1 aliphatic heterocycles. The maximum atomic E-state index is 11.8. The molecule has 0 saturated carbocycles. The number of nitrogen functional groups attached to an aromatic ring is 1. The van der Waals surface area contributed by atoms with Gasteiger partial charge in [-0.1, -0.05) is 0 Å². The van der Waals surface area contributed by atoms with Crippen LogP contribution in [0.2, 0.25) is 0 Å². The molecule has 21 heavy (non-hydrogen) atoms. The second kappa shape index (κ2) is 6.64. The lowest BCUT2D eigenvalue weighted by molar-refractivity contribution is -0.0732. The summed E-state index contributed by atoms with van der Waals surface area (Å²) in [6.45, 7) is -0.347. The van der Waals surface area contributed by atoms with Gasteiger partial charge in [0.15, 0.2) is 6.23 Å². The van der Waals surface area contributed by atoms with Crippen molar-refractivity contribution in [1.29, 1.82) is 5.26 Å². The van der Waals surface area contributed by atoms with Crippen molar-refractivity contribution >= 4 is 5.82 Å². The van der Waals surface area contributed by atoms with Gasteiger partial charge in [0.05, 0.1) is 25.7 Å². The summed E-state index contributed by atoms with van der Waals surface area (Å²) in [6, 6.07) is 3.32. The van der Waals surface area contributed by atoms with E-state index in [0.29, 0.717) is 0 Å². The molecule has 1 fully saturated rings. The van der Waals surface area contributed by atoms with Gasteiger partial charge in [-0.2, -0.15) is 10.2 Å². The van der Waals surface area contributed by atoms with E-state index in [9.17, 15) is 15.0 Å². The highest BCUT2D eigenvalue weighted by atomic mass is 16.6. The fraction of sp³-hybridized carbons (Fsp3) is 0.583. The van der Waals surface area contributed by atoms with Crippen LogP contribution in [-0.2, 0) is 9.47 Å². The highest BCUT2D eigenvalue weighted by Gasteiger charge is 2.45. The Morgan fingerprint density at radius 3 is 3.00 bits per heavy atom. The molecule has 0 spiro atoms. The van der Waals surface area contributed by atoms with Crippen LogP contribution in [0, 0.1) is 11.3 Å². The number of aliphatic hydroxyl groups excluding tert-OH is 2. The fourth-order valence-electron chi connectivity index (χ4n) is 2.13. The molecule has 0 aromatic carbocycles. The summed E-state index contributed by atoms with van der Waals surface area (Å²) >= 11 is 0. The van der Waals surface area contributed by atoms with Crippen molar-refractivity contribution < 1.29 is 19.7 Å². The van der Waals surface area contributed by atoms with E-state index in [1.54, 1.807) is 0 Å². The second-order valence-electron chi connectivity index (χ2n) is 4.52. The highest BCUT2D eigenvalue weighted by molar-refractivity contribution is 5.23. The van der Waals surface area contributed by atoms with Gasteiger partial charge in [0, 0.05) is 6.20 Å². The Morgan fingerprint density at radius 1 is 1.62 bits per heavy atom. The number of nitriles is 1. The van der Waals surface area contributed by atoms with Crippen LogP contribution in [0.5, 0.6) is 0 Å². The van der Waals surface area contributed by atoms with Crippen molar-refractivity contribution in [1.82, 2.24) is 9.55 Å². The number of hydrogen-bond donors (Lipinski definition) is 3. The average molecular weight is 296 g/mol. The SMILES string of the molecule is N#CCCOC1C(O)[C@@H](CO)O[C@H]1n1ccc(N)nc1=O. The normalized spacial score (nSPS) is 28.4. The zero-order valence-electron chi connectivity index (χ0n) is 11.1. The van der Waals surface area contributed by atoms with Crippen molar-refractivity contribution in [3.8, 4) is 6.07 Å². The monoisotopic (exact) mass is 296 g/mol. The summed E-state index contributed by atoms with van der Waals surface area (Å²) in [7, 11) is 0. The predicted molar refractivity (Wildman–Crippen MR) is 69.9 cm³/mol. The van der Waals surface area contributed by atoms with Crippen molar-refractivity contribution in [2.24, 2.45) is 0 Å². The minimum Gasteiger partial charge on any atom is -0.394 e. The van der Waals surface area contributed by atoms with Crippen LogP contribution in [-0.4, -0.2) is 51.3 Å². The topological polar surface area (TPSA) is 144 Å². The van der Waals surface area contributed by atoms with Crippen molar-refractivity contribution in [3.63, 3.8) is 0 Å². The van der Waals surface area contributed by atoms with Crippen LogP contribution in [0.15, 0.2) is 17.1 Å². The van der Waals surface area contributed by atoms with Gasteiger partial charge in [-0.25, -0.2) is 4.79 Å². The summed E-state index contributed by atoms with van der Waals surface area (Å²) in [6.07, 6.45) is -2.33. The van der Waals surface area contributed by atoms with Gasteiger partial charge in [0.1, 0.15) is 24.1 Å². The van der Waals surface area contributed by atoms with E-state index < -0.39 is 36.8 Å². The summed E-state index contributed by atoms with van der Waals surface area (Å²) in [5.41, 5.74) is 4.76. The molecular formula is C12H16N4O5. The minimum absolute atomic E-state index is 0.0652. The molecule has 2 rings (SSSR count). The Hall–Kier alpha value is -1.99. The number of aliphatic hydroxyl groups is 2. The molecule has 0 amide bonds. The van der Waals surface area contributed by atoms with E-state index >= 15 is 0 Å². The molecule has 9 nitrogen and oxygen atoms in total. The quantitative estimate of drug-likeness (QED) is 0.550. The molecule has 0 aliphatic carbocycles. The summed E-state index contributed by atoms with van der Waals surface area (Å²) in [5.74, 6) is 0.0652. The van der Waals surface area contributed by atoms with Crippen LogP contribution >= 0.6 is 0 Å². The summed E-state index contributed by atoms with van der Waals surface area (Å²) < 4.78 is 12.0. The molecule has 2 heterocycles. The van der Waals surface area contributed by atoms with E-state index in [1.165, 1.54) is 12.3 Å². The molecule has 4 atom stereocenters. The van der Waals surface area contributed by atoms with Crippen molar-refractivity contribution in [2.45, 2.75) is 31.0 Å². The lowest BCUT2D eigenvalue weighted by Gasteiger charge is -2.21. The Labute approximate surface area is 120 Å². The first-order valence-corrected chi connectivity index (χ1v) is 6.36. The number of nitrogens with two attached hydrogens (primary N) is 1. The van der Waals surface area contributed by atoms with Gasteiger partial charge in [-0.3, -0.25) is 4.57 Å². The van der Waals surface area contributed by atoms with E-state index in [-0.39, 0.29) is 18.8 Å². The van der Waals surface area contributed by atoms with Crippen LogP contribution < -0.4 is 11.4 Å². The fourth-order valence-corrected chi connectivity index (χ4v) is 2.13. The standard InChI is InChI=1S/C12H16N4O5/c13-3-1-5-20-10-9(18)7(6-17)21-11(10)16-4-2-8(14)15-12(16)19/h2,4,7,9-11,17-18H,1,5-6H2,(H2,14,15,19)/t7-,9?,10?,11-/m1/s1. The Balaban J connectivity index is 2.25. The molecule has 0 radical (unpaired) electrons. The van der Waals surface area contributed by atoms with Gasteiger partial charge in [0.25, 0.3) is 0 Å². The van der Waals surface area contributed by atoms with E-state index in [1.807, 2.05) is 6.07 Å². The molecule has 1 saturated heterocycles. The van der Waals surface area contributed by atoms with Crippen LogP contribution in [0.1, 0.15) is 12.6 Å². The van der Waals surface area contributed by atoms with E-state index in [0.717, 1.165) is 4.57 Å². The number of aromatic nitrogens is 2. The Kier molecular flexibility index (Phi) is 4.87. The molecule has 9 heteroatoms. The maximum absolute atomic E-state index is 11.8. The Bertz CT molecular complexity index is 584. The summed E-state index contributed by atoms with van der Waals surface area (Å²) in [4.78, 5) is 15.4. The third-order valence-electron chi connectivity index (χ3n) is 3.14. The largest absolute Gasteiger partial charge is 0.394 e. The molecule has 4 N–H and O–H groups in total. The molecule has 1 aliphatic rings. The molecule has 1 aromatic heterocycles. The number of anilines is 1. The third kappa shape index (κ3) is 3.20.